The fraction of sp³-hybridized carbons (Fsp3) is 0.118. The van der Waals surface area contributed by atoms with E-state index in [2.05, 4.69) is 38.1 Å². The van der Waals surface area contributed by atoms with Crippen LogP contribution in [0.25, 0.3) is 11.4 Å². The van der Waals surface area contributed by atoms with Gasteiger partial charge in [0.15, 0.2) is 11.0 Å². The van der Waals surface area contributed by atoms with Gasteiger partial charge in [0.2, 0.25) is 5.91 Å². The van der Waals surface area contributed by atoms with Crippen molar-refractivity contribution in [2.75, 3.05) is 11.1 Å². The number of rotatable bonds is 5. The highest BCUT2D eigenvalue weighted by atomic mass is 127. The number of carbonyl (C=O) groups is 1. The summed E-state index contributed by atoms with van der Waals surface area (Å²) < 4.78 is 16.6. The van der Waals surface area contributed by atoms with Crippen molar-refractivity contribution in [3.05, 3.63) is 57.9 Å². The molecule has 1 heterocycles. The topological polar surface area (TPSA) is 59.8 Å². The van der Waals surface area contributed by atoms with Crippen LogP contribution in [0.4, 0.5) is 10.1 Å². The molecule has 0 unspecified atom stereocenters. The second-order valence-electron chi connectivity index (χ2n) is 5.19. The number of amides is 1. The van der Waals surface area contributed by atoms with Crippen LogP contribution < -0.4 is 5.32 Å². The normalized spacial score (nSPS) is 10.7. The molecule has 1 amide bonds. The van der Waals surface area contributed by atoms with E-state index in [0.29, 0.717) is 16.5 Å². The second-order valence-corrected chi connectivity index (χ2v) is 7.38. The van der Waals surface area contributed by atoms with E-state index in [1.807, 2.05) is 24.3 Å². The molecule has 3 aromatic rings. The molecule has 128 valence electrons. The van der Waals surface area contributed by atoms with Gasteiger partial charge in [-0.05, 0) is 52.9 Å². The van der Waals surface area contributed by atoms with Crippen LogP contribution in [0.15, 0.2) is 53.7 Å². The molecule has 0 spiro atoms. The molecule has 0 fully saturated rings. The second kappa shape index (κ2) is 7.96. The molecule has 0 aliphatic carbocycles. The molecule has 0 radical (unpaired) electrons. The number of nitrogens with one attached hydrogen (secondary N) is 1. The third kappa shape index (κ3) is 4.37. The Bertz CT molecular complexity index is 915. The highest BCUT2D eigenvalue weighted by Crippen LogP contribution is 2.24. The minimum absolute atomic E-state index is 0.137. The fourth-order valence-corrected chi connectivity index (χ4v) is 3.47. The molecule has 8 heteroatoms. The molecule has 0 saturated heterocycles. The quantitative estimate of drug-likeness (QED) is 0.455. The third-order valence-electron chi connectivity index (χ3n) is 3.39. The number of hydrogen-bond acceptors (Lipinski definition) is 4. The first kappa shape index (κ1) is 17.9. The Morgan fingerprint density at radius 1 is 1.24 bits per heavy atom. The molecule has 2 aromatic carbocycles. The van der Waals surface area contributed by atoms with Crippen molar-refractivity contribution < 1.29 is 9.18 Å². The summed E-state index contributed by atoms with van der Waals surface area (Å²) in [7, 11) is 1.75. The zero-order valence-corrected chi connectivity index (χ0v) is 16.2. The summed E-state index contributed by atoms with van der Waals surface area (Å²) in [6.07, 6.45) is 0. The summed E-state index contributed by atoms with van der Waals surface area (Å²) in [5.41, 5.74) is 1.13. The molecule has 0 aliphatic rings. The zero-order chi connectivity index (χ0) is 17.8. The average molecular weight is 468 g/mol. The third-order valence-corrected chi connectivity index (χ3v) is 5.08. The predicted molar refractivity (Wildman–Crippen MR) is 105 cm³/mol. The van der Waals surface area contributed by atoms with Crippen LogP contribution in [0.2, 0.25) is 0 Å². The van der Waals surface area contributed by atoms with Crippen molar-refractivity contribution in [2.24, 2.45) is 7.05 Å². The fourth-order valence-electron chi connectivity index (χ4n) is 2.21. The van der Waals surface area contributed by atoms with Gasteiger partial charge in [-0.25, -0.2) is 4.39 Å². The molecule has 0 saturated carbocycles. The van der Waals surface area contributed by atoms with Gasteiger partial charge in [0.1, 0.15) is 5.82 Å². The number of anilines is 1. The molecular formula is C17H14FIN4OS. The van der Waals surface area contributed by atoms with Gasteiger partial charge in [-0.3, -0.25) is 4.79 Å². The van der Waals surface area contributed by atoms with Crippen LogP contribution in [0.5, 0.6) is 0 Å². The van der Waals surface area contributed by atoms with Crippen molar-refractivity contribution in [3.8, 4) is 11.4 Å². The highest BCUT2D eigenvalue weighted by Gasteiger charge is 2.15. The summed E-state index contributed by atoms with van der Waals surface area (Å²) in [6, 6.07) is 14.0. The van der Waals surface area contributed by atoms with E-state index in [4.69, 9.17) is 0 Å². The van der Waals surface area contributed by atoms with Crippen molar-refractivity contribution in [2.45, 2.75) is 5.16 Å². The summed E-state index contributed by atoms with van der Waals surface area (Å²) >= 11 is 3.44. The molecule has 3 rings (SSSR count). The smallest absolute Gasteiger partial charge is 0.234 e. The number of thioether (sulfide) groups is 1. The van der Waals surface area contributed by atoms with E-state index in [9.17, 15) is 9.18 Å². The van der Waals surface area contributed by atoms with Crippen molar-refractivity contribution >= 4 is 45.9 Å². The van der Waals surface area contributed by atoms with Crippen LogP contribution >= 0.6 is 34.4 Å². The van der Waals surface area contributed by atoms with Gasteiger partial charge in [0.05, 0.1) is 11.3 Å². The van der Waals surface area contributed by atoms with Crippen LogP contribution in [0, 0.1) is 9.39 Å². The molecule has 0 atom stereocenters. The summed E-state index contributed by atoms with van der Waals surface area (Å²) in [5.74, 6) is 0.126. The molecule has 25 heavy (non-hydrogen) atoms. The lowest BCUT2D eigenvalue weighted by atomic mass is 10.2. The van der Waals surface area contributed by atoms with Gasteiger partial charge in [0, 0.05) is 16.3 Å². The Kier molecular flexibility index (Phi) is 5.69. The van der Waals surface area contributed by atoms with E-state index in [0.717, 1.165) is 9.26 Å². The maximum atomic E-state index is 13.9. The maximum absolute atomic E-state index is 13.9. The lowest BCUT2D eigenvalue weighted by Gasteiger charge is -2.06. The van der Waals surface area contributed by atoms with E-state index in [1.165, 1.54) is 17.8 Å². The van der Waals surface area contributed by atoms with Crippen LogP contribution in [-0.2, 0) is 11.8 Å². The van der Waals surface area contributed by atoms with E-state index < -0.39 is 0 Å². The van der Waals surface area contributed by atoms with Gasteiger partial charge in [0.25, 0.3) is 0 Å². The molecule has 5 nitrogen and oxygen atoms in total. The van der Waals surface area contributed by atoms with E-state index >= 15 is 0 Å². The van der Waals surface area contributed by atoms with Gasteiger partial charge in [-0.15, -0.1) is 10.2 Å². The number of benzene rings is 2. The van der Waals surface area contributed by atoms with E-state index in [1.54, 1.807) is 29.8 Å². The largest absolute Gasteiger partial charge is 0.325 e. The number of hydrogen-bond donors (Lipinski definition) is 1. The monoisotopic (exact) mass is 468 g/mol. The van der Waals surface area contributed by atoms with Crippen molar-refractivity contribution in [3.63, 3.8) is 0 Å². The van der Waals surface area contributed by atoms with Gasteiger partial charge >= 0.3 is 0 Å². The first-order valence-corrected chi connectivity index (χ1v) is 9.43. The maximum Gasteiger partial charge on any atom is 0.234 e. The molecule has 0 aliphatic heterocycles. The Balaban J connectivity index is 1.66. The lowest BCUT2D eigenvalue weighted by molar-refractivity contribution is -0.113. The zero-order valence-electron chi connectivity index (χ0n) is 13.2. The SMILES string of the molecule is Cn1c(SCC(=O)Nc2cccc(I)c2)nnc1-c1ccccc1F. The lowest BCUT2D eigenvalue weighted by Crippen LogP contribution is -2.14. The minimum Gasteiger partial charge on any atom is -0.325 e. The standard InChI is InChI=1S/C17H14FIN4OS/c1-23-16(13-7-2-3-8-14(13)18)21-22-17(23)25-10-15(24)20-12-6-4-5-11(19)9-12/h2-9H,10H2,1H3,(H,20,24). The molecule has 0 bridgehead atoms. The van der Waals surface area contributed by atoms with Crippen molar-refractivity contribution in [1.82, 2.24) is 14.8 Å². The number of halogens is 2. The molecular weight excluding hydrogens is 454 g/mol. The first-order chi connectivity index (χ1) is 12.0. The Morgan fingerprint density at radius 3 is 2.80 bits per heavy atom. The average Bonchev–Trinajstić information content (AvgIpc) is 2.94. The molecule has 1 aromatic heterocycles. The first-order valence-electron chi connectivity index (χ1n) is 7.37. The van der Waals surface area contributed by atoms with Crippen molar-refractivity contribution in [1.29, 1.82) is 0 Å². The van der Waals surface area contributed by atoms with Gasteiger partial charge in [-0.2, -0.15) is 0 Å². The summed E-state index contributed by atoms with van der Waals surface area (Å²) in [4.78, 5) is 12.1. The summed E-state index contributed by atoms with van der Waals surface area (Å²) in [6.45, 7) is 0. The Labute approximate surface area is 162 Å². The predicted octanol–water partition coefficient (Wildman–Crippen LogP) is 3.96. The number of carbonyl (C=O) groups excluding carboxylic acids is 1. The van der Waals surface area contributed by atoms with Gasteiger partial charge in [-0.1, -0.05) is 30.0 Å². The molecule has 1 N–H and O–H groups in total. The summed E-state index contributed by atoms with van der Waals surface area (Å²) in [5, 5.41) is 11.5. The van der Waals surface area contributed by atoms with E-state index in [-0.39, 0.29) is 17.5 Å². The van der Waals surface area contributed by atoms with Crippen LogP contribution in [-0.4, -0.2) is 26.4 Å². The van der Waals surface area contributed by atoms with Crippen LogP contribution in [0.1, 0.15) is 0 Å². The Hall–Kier alpha value is -1.94. The minimum atomic E-state index is -0.356. The van der Waals surface area contributed by atoms with Crippen LogP contribution in [0.3, 0.4) is 0 Å². The highest BCUT2D eigenvalue weighted by molar-refractivity contribution is 14.1. The van der Waals surface area contributed by atoms with Gasteiger partial charge < -0.3 is 9.88 Å². The number of nitrogens with zero attached hydrogens (tertiary/aromatic N) is 3. The number of aromatic nitrogens is 3. The Morgan fingerprint density at radius 2 is 2.04 bits per heavy atom.